The van der Waals surface area contributed by atoms with Crippen LogP contribution in [0.25, 0.3) is 0 Å². The molecule has 0 spiro atoms. The number of aliphatic hydroxyl groups is 1. The maximum Gasteiger partial charge on any atom is 0.0947 e. The van der Waals surface area contributed by atoms with E-state index in [1.165, 1.54) is 31.5 Å². The zero-order valence-corrected chi connectivity index (χ0v) is 13.3. The summed E-state index contributed by atoms with van der Waals surface area (Å²) in [6.07, 6.45) is 4.42. The van der Waals surface area contributed by atoms with Gasteiger partial charge >= 0.3 is 0 Å². The summed E-state index contributed by atoms with van der Waals surface area (Å²) in [4.78, 5) is 4.83. The number of hydrogen-bond acceptors (Lipinski definition) is 3. The lowest BCUT2D eigenvalue weighted by Crippen LogP contribution is -2.44. The zero-order valence-electron chi connectivity index (χ0n) is 13.3. The fraction of sp³-hybridized carbons (Fsp3) is 0.667. The normalized spacial score (nSPS) is 27.8. The molecule has 0 aromatic heterocycles. The van der Waals surface area contributed by atoms with Crippen LogP contribution < -0.4 is 0 Å². The van der Waals surface area contributed by atoms with Crippen molar-refractivity contribution in [3.8, 4) is 0 Å². The van der Waals surface area contributed by atoms with E-state index in [0.717, 1.165) is 30.9 Å². The van der Waals surface area contributed by atoms with Crippen molar-refractivity contribution in [3.05, 3.63) is 35.4 Å². The second-order valence-corrected chi connectivity index (χ2v) is 6.94. The first-order valence-corrected chi connectivity index (χ1v) is 8.30. The standard InChI is InChI=1S/C18H28N2O/c1-19-11-9-14(10-12-19)13-20(2)17-8-7-15-5-3-4-6-16(15)18(17)21/h3-6,14,17-18,21H,7-13H2,1-2H3. The van der Waals surface area contributed by atoms with Gasteiger partial charge in [0, 0.05) is 12.6 Å². The molecule has 1 heterocycles. The molecule has 0 radical (unpaired) electrons. The van der Waals surface area contributed by atoms with Crippen LogP contribution in [0.5, 0.6) is 0 Å². The van der Waals surface area contributed by atoms with E-state index in [9.17, 15) is 5.11 Å². The van der Waals surface area contributed by atoms with Crippen LogP contribution in [0.1, 0.15) is 36.5 Å². The minimum atomic E-state index is -0.328. The number of rotatable bonds is 3. The Kier molecular flexibility index (Phi) is 4.63. The van der Waals surface area contributed by atoms with Crippen LogP contribution in [-0.4, -0.2) is 54.7 Å². The Balaban J connectivity index is 1.62. The molecule has 3 heteroatoms. The van der Waals surface area contributed by atoms with Crippen LogP contribution in [0.15, 0.2) is 24.3 Å². The number of likely N-dealkylation sites (tertiary alicyclic amines) is 1. The monoisotopic (exact) mass is 288 g/mol. The van der Waals surface area contributed by atoms with Gasteiger partial charge in [-0.2, -0.15) is 0 Å². The van der Waals surface area contributed by atoms with Crippen LogP contribution >= 0.6 is 0 Å². The second kappa shape index (κ2) is 6.47. The first-order chi connectivity index (χ1) is 10.1. The summed E-state index contributed by atoms with van der Waals surface area (Å²) in [7, 11) is 4.40. The van der Waals surface area contributed by atoms with E-state index in [0.29, 0.717) is 0 Å². The van der Waals surface area contributed by atoms with Crippen LogP contribution in [0, 0.1) is 5.92 Å². The number of fused-ring (bicyclic) bond motifs is 1. The molecule has 2 atom stereocenters. The Labute approximate surface area is 128 Å². The van der Waals surface area contributed by atoms with E-state index >= 15 is 0 Å². The number of piperidine rings is 1. The summed E-state index contributed by atoms with van der Waals surface area (Å²) in [5.74, 6) is 0.788. The average Bonchev–Trinajstić information content (AvgIpc) is 2.50. The lowest BCUT2D eigenvalue weighted by molar-refractivity contribution is 0.0363. The summed E-state index contributed by atoms with van der Waals surface area (Å²) >= 11 is 0. The van der Waals surface area contributed by atoms with E-state index in [1.807, 2.05) is 6.07 Å². The SMILES string of the molecule is CN1CCC(CN(C)C2CCc3ccccc3C2O)CC1. The number of aryl methyl sites for hydroxylation is 1. The molecule has 1 aromatic carbocycles. The Morgan fingerprint density at radius 1 is 1.19 bits per heavy atom. The third-order valence-corrected chi connectivity index (χ3v) is 5.40. The van der Waals surface area contributed by atoms with Crippen molar-refractivity contribution in [1.82, 2.24) is 9.80 Å². The molecule has 1 saturated heterocycles. The predicted molar refractivity (Wildman–Crippen MR) is 86.4 cm³/mol. The second-order valence-electron chi connectivity index (χ2n) is 6.94. The fourth-order valence-electron chi connectivity index (χ4n) is 3.97. The highest BCUT2D eigenvalue weighted by Crippen LogP contribution is 2.33. The van der Waals surface area contributed by atoms with Crippen LogP contribution in [0.4, 0.5) is 0 Å². The van der Waals surface area contributed by atoms with Gasteiger partial charge < -0.3 is 14.9 Å². The van der Waals surface area contributed by atoms with E-state index in [4.69, 9.17) is 0 Å². The summed E-state index contributed by atoms with van der Waals surface area (Å²) < 4.78 is 0. The molecule has 1 aliphatic heterocycles. The number of hydrogen-bond donors (Lipinski definition) is 1. The molecule has 1 fully saturated rings. The molecule has 0 saturated carbocycles. The van der Waals surface area contributed by atoms with Crippen molar-refractivity contribution in [2.24, 2.45) is 5.92 Å². The Morgan fingerprint density at radius 2 is 1.90 bits per heavy atom. The zero-order chi connectivity index (χ0) is 14.8. The van der Waals surface area contributed by atoms with Gasteiger partial charge in [-0.15, -0.1) is 0 Å². The molecular formula is C18H28N2O. The van der Waals surface area contributed by atoms with Crippen LogP contribution in [-0.2, 0) is 6.42 Å². The highest BCUT2D eigenvalue weighted by atomic mass is 16.3. The van der Waals surface area contributed by atoms with Gasteiger partial charge in [0.2, 0.25) is 0 Å². The van der Waals surface area contributed by atoms with Crippen molar-refractivity contribution in [2.75, 3.05) is 33.7 Å². The average molecular weight is 288 g/mol. The van der Waals surface area contributed by atoms with Gasteiger partial charge in [0.15, 0.2) is 0 Å². The molecule has 1 N–H and O–H groups in total. The van der Waals surface area contributed by atoms with Crippen molar-refractivity contribution < 1.29 is 5.11 Å². The minimum absolute atomic E-state index is 0.277. The molecule has 21 heavy (non-hydrogen) atoms. The Morgan fingerprint density at radius 3 is 2.67 bits per heavy atom. The van der Waals surface area contributed by atoms with Gasteiger partial charge in [-0.3, -0.25) is 0 Å². The highest BCUT2D eigenvalue weighted by molar-refractivity contribution is 5.32. The van der Waals surface area contributed by atoms with Gasteiger partial charge in [-0.05, 0) is 69.9 Å². The third kappa shape index (κ3) is 3.31. The van der Waals surface area contributed by atoms with Crippen molar-refractivity contribution in [3.63, 3.8) is 0 Å². The predicted octanol–water partition coefficient (Wildman–Crippen LogP) is 2.31. The fourth-order valence-corrected chi connectivity index (χ4v) is 3.97. The lowest BCUT2D eigenvalue weighted by Gasteiger charge is -2.39. The molecule has 0 amide bonds. The molecule has 2 unspecified atom stereocenters. The third-order valence-electron chi connectivity index (χ3n) is 5.40. The molecule has 2 aliphatic rings. The quantitative estimate of drug-likeness (QED) is 0.924. The highest BCUT2D eigenvalue weighted by Gasteiger charge is 2.31. The number of aliphatic hydroxyl groups excluding tert-OH is 1. The Bertz CT molecular complexity index is 468. The van der Waals surface area contributed by atoms with E-state index in [1.54, 1.807) is 0 Å². The molecular weight excluding hydrogens is 260 g/mol. The van der Waals surface area contributed by atoms with Crippen LogP contribution in [0.2, 0.25) is 0 Å². The summed E-state index contributed by atoms with van der Waals surface area (Å²) in [5.41, 5.74) is 2.47. The van der Waals surface area contributed by atoms with Crippen molar-refractivity contribution in [1.29, 1.82) is 0 Å². The Hall–Kier alpha value is -0.900. The molecule has 3 rings (SSSR count). The van der Waals surface area contributed by atoms with E-state index in [2.05, 4.69) is 42.1 Å². The molecule has 116 valence electrons. The first kappa shape index (κ1) is 15.0. The van der Waals surface area contributed by atoms with Gasteiger partial charge in [0.25, 0.3) is 0 Å². The van der Waals surface area contributed by atoms with Crippen molar-refractivity contribution >= 4 is 0 Å². The summed E-state index contributed by atoms with van der Waals surface area (Å²) in [6, 6.07) is 8.65. The van der Waals surface area contributed by atoms with E-state index in [-0.39, 0.29) is 12.1 Å². The largest absolute Gasteiger partial charge is 0.387 e. The topological polar surface area (TPSA) is 26.7 Å². The van der Waals surface area contributed by atoms with Gasteiger partial charge in [-0.1, -0.05) is 24.3 Å². The smallest absolute Gasteiger partial charge is 0.0947 e. The maximum atomic E-state index is 10.7. The summed E-state index contributed by atoms with van der Waals surface area (Å²) in [6.45, 7) is 3.56. The van der Waals surface area contributed by atoms with Gasteiger partial charge in [-0.25, -0.2) is 0 Å². The number of benzene rings is 1. The molecule has 3 nitrogen and oxygen atoms in total. The summed E-state index contributed by atoms with van der Waals surface area (Å²) in [5, 5.41) is 10.7. The molecule has 0 bridgehead atoms. The molecule has 1 aliphatic carbocycles. The van der Waals surface area contributed by atoms with Gasteiger partial charge in [0.1, 0.15) is 0 Å². The van der Waals surface area contributed by atoms with Gasteiger partial charge in [0.05, 0.1) is 6.10 Å². The lowest BCUT2D eigenvalue weighted by atomic mass is 9.84. The molecule has 1 aromatic rings. The van der Waals surface area contributed by atoms with Crippen molar-refractivity contribution in [2.45, 2.75) is 37.8 Å². The van der Waals surface area contributed by atoms with E-state index < -0.39 is 0 Å². The first-order valence-electron chi connectivity index (χ1n) is 8.30. The van der Waals surface area contributed by atoms with Crippen LogP contribution in [0.3, 0.4) is 0 Å². The number of nitrogens with zero attached hydrogens (tertiary/aromatic N) is 2. The minimum Gasteiger partial charge on any atom is -0.387 e. The maximum absolute atomic E-state index is 10.7. The number of likely N-dealkylation sites (N-methyl/N-ethyl adjacent to an activating group) is 1.